The molecule has 95 heavy (non-hydrogen) atoms. The Morgan fingerprint density at radius 1 is 0.295 bits per heavy atom. The maximum absolute atomic E-state index is 13.1. The van der Waals surface area contributed by atoms with Crippen molar-refractivity contribution in [3.05, 3.63) is 0 Å². The number of esters is 4. The van der Waals surface area contributed by atoms with Gasteiger partial charge >= 0.3 is 39.5 Å². The van der Waals surface area contributed by atoms with Crippen molar-refractivity contribution in [1.29, 1.82) is 0 Å². The van der Waals surface area contributed by atoms with Crippen LogP contribution in [0.5, 0.6) is 0 Å². The van der Waals surface area contributed by atoms with Gasteiger partial charge in [0, 0.05) is 25.7 Å². The molecule has 0 saturated heterocycles. The van der Waals surface area contributed by atoms with Crippen LogP contribution in [0.1, 0.15) is 401 Å². The van der Waals surface area contributed by atoms with E-state index in [0.29, 0.717) is 25.7 Å². The molecular weight excluding hydrogens is 1250 g/mol. The normalized spacial score (nSPS) is 14.2. The number of carbonyl (C=O) groups excluding carboxylic acids is 4. The van der Waals surface area contributed by atoms with E-state index in [4.69, 9.17) is 37.0 Å². The van der Waals surface area contributed by atoms with Crippen LogP contribution in [0.25, 0.3) is 0 Å². The molecule has 6 atom stereocenters. The highest BCUT2D eigenvalue weighted by Gasteiger charge is 2.30. The zero-order valence-electron chi connectivity index (χ0n) is 61.8. The molecule has 0 aliphatic rings. The van der Waals surface area contributed by atoms with Crippen molar-refractivity contribution >= 4 is 39.5 Å². The van der Waals surface area contributed by atoms with Gasteiger partial charge in [-0.3, -0.25) is 37.3 Å². The summed E-state index contributed by atoms with van der Waals surface area (Å²) in [6.45, 7) is 7.30. The maximum atomic E-state index is 13.1. The predicted octanol–water partition coefficient (Wildman–Crippen LogP) is 22.5. The molecule has 0 heterocycles. The molecule has 3 N–H and O–H groups in total. The first kappa shape index (κ1) is 93.1. The minimum absolute atomic E-state index is 0.107. The minimum Gasteiger partial charge on any atom is -0.462 e. The number of hydrogen-bond acceptors (Lipinski definition) is 15. The van der Waals surface area contributed by atoms with Crippen LogP contribution in [0.2, 0.25) is 0 Å². The van der Waals surface area contributed by atoms with Crippen LogP contribution in [-0.2, 0) is 65.4 Å². The first-order valence-corrected chi connectivity index (χ1v) is 42.7. The fraction of sp³-hybridized carbons (Fsp3) is 0.947. The molecule has 0 spiro atoms. The van der Waals surface area contributed by atoms with Crippen molar-refractivity contribution in [2.75, 3.05) is 39.6 Å². The van der Waals surface area contributed by atoms with Crippen molar-refractivity contribution in [2.24, 2.45) is 5.92 Å². The summed E-state index contributed by atoms with van der Waals surface area (Å²) in [4.78, 5) is 72.7. The Bertz CT molecular complexity index is 1820. The van der Waals surface area contributed by atoms with Crippen molar-refractivity contribution in [2.45, 2.75) is 419 Å². The highest BCUT2D eigenvalue weighted by Crippen LogP contribution is 2.45. The van der Waals surface area contributed by atoms with Gasteiger partial charge in [-0.2, -0.15) is 0 Å². The molecule has 0 amide bonds. The summed E-state index contributed by atoms with van der Waals surface area (Å²) >= 11 is 0. The second-order valence-corrected chi connectivity index (χ2v) is 30.5. The average molecular weight is 1400 g/mol. The minimum atomic E-state index is -4.96. The summed E-state index contributed by atoms with van der Waals surface area (Å²) in [5.41, 5.74) is 0. The maximum Gasteiger partial charge on any atom is 0.472 e. The summed E-state index contributed by atoms with van der Waals surface area (Å²) in [5, 5.41) is 10.6. The Morgan fingerprint density at radius 2 is 0.505 bits per heavy atom. The summed E-state index contributed by atoms with van der Waals surface area (Å²) in [5.74, 6) is -1.31. The van der Waals surface area contributed by atoms with Crippen molar-refractivity contribution in [1.82, 2.24) is 0 Å². The van der Waals surface area contributed by atoms with Crippen molar-refractivity contribution in [3.8, 4) is 0 Å². The molecule has 0 fully saturated rings. The van der Waals surface area contributed by atoms with E-state index < -0.39 is 97.5 Å². The lowest BCUT2D eigenvalue weighted by atomic mass is 9.99. The molecule has 3 unspecified atom stereocenters. The van der Waals surface area contributed by atoms with Gasteiger partial charge in [0.1, 0.15) is 19.3 Å². The molecule has 0 bridgehead atoms. The monoisotopic (exact) mass is 1400 g/mol. The molecule has 0 radical (unpaired) electrons. The Morgan fingerprint density at radius 3 is 0.747 bits per heavy atom. The third kappa shape index (κ3) is 69.0. The van der Waals surface area contributed by atoms with Gasteiger partial charge in [0.05, 0.1) is 26.4 Å². The quantitative estimate of drug-likeness (QED) is 0.0222. The van der Waals surface area contributed by atoms with E-state index >= 15 is 0 Å². The fourth-order valence-corrected chi connectivity index (χ4v) is 13.3. The standard InChI is InChI=1S/C76H148O17P2/c1-6-10-13-16-19-22-25-26-27-28-29-30-31-32-33-34-35-42-47-52-57-62-76(81)93-72(66-87-74(79)60-55-50-45-41-37-36-38-43-48-53-58-69(5)9-4)68-91-95(84,85)89-64-70(77)63-88-94(82,83)90-67-71(92-75(80)61-56-51-46-40-24-21-18-15-12-8-3)65-86-73(78)59-54-49-44-39-23-20-17-14-11-7-2/h69-72,77H,6-68H2,1-5H3,(H,82,83)(H,84,85)/t69?,70-,71+,72+/m0/s1. The third-order valence-corrected chi connectivity index (χ3v) is 20.0. The average Bonchev–Trinajstić information content (AvgIpc) is 2.61. The third-order valence-electron chi connectivity index (χ3n) is 18.1. The van der Waals surface area contributed by atoms with E-state index in [1.54, 1.807) is 0 Å². The zero-order chi connectivity index (χ0) is 69.8. The molecule has 0 aromatic carbocycles. The lowest BCUT2D eigenvalue weighted by molar-refractivity contribution is -0.161. The lowest BCUT2D eigenvalue weighted by Crippen LogP contribution is -2.30. The molecular formula is C76H148O17P2. The fourth-order valence-electron chi connectivity index (χ4n) is 11.7. The number of unbranched alkanes of at least 4 members (excludes halogenated alkanes) is 47. The lowest BCUT2D eigenvalue weighted by Gasteiger charge is -2.21. The summed E-state index contributed by atoms with van der Waals surface area (Å²) in [6.07, 6.45) is 58.3. The molecule has 0 aliphatic heterocycles. The Balaban J connectivity index is 5.19. The van der Waals surface area contributed by atoms with Crippen LogP contribution in [0.3, 0.4) is 0 Å². The molecule has 0 aliphatic carbocycles. The number of phosphoric ester groups is 2. The van der Waals surface area contributed by atoms with Crippen molar-refractivity contribution < 1.29 is 80.2 Å². The largest absolute Gasteiger partial charge is 0.472 e. The smallest absolute Gasteiger partial charge is 0.462 e. The SMILES string of the molecule is CCCCCCCCCCCCCCCCCCCCCCCC(=O)O[C@H](COC(=O)CCCCCCCCCCCCC(C)CC)COP(=O)(O)OC[C@@H](O)COP(=O)(O)OC[C@@H](COC(=O)CCCCCCCCCCCC)OC(=O)CCCCCCCCCCCC. The van der Waals surface area contributed by atoms with Gasteiger partial charge in [-0.05, 0) is 31.6 Å². The van der Waals surface area contributed by atoms with Crippen LogP contribution in [0, 0.1) is 5.92 Å². The second-order valence-electron chi connectivity index (χ2n) is 27.6. The number of aliphatic hydroxyl groups excluding tert-OH is 1. The Kier molecular flexibility index (Phi) is 67.7. The van der Waals surface area contributed by atoms with E-state index in [1.165, 1.54) is 225 Å². The number of aliphatic hydroxyl groups is 1. The van der Waals surface area contributed by atoms with E-state index in [1.807, 2.05) is 0 Å². The summed E-state index contributed by atoms with van der Waals surface area (Å²) in [7, 11) is -9.91. The van der Waals surface area contributed by atoms with Gasteiger partial charge in [-0.1, -0.05) is 349 Å². The zero-order valence-corrected chi connectivity index (χ0v) is 63.6. The Hall–Kier alpha value is -1.94. The summed E-state index contributed by atoms with van der Waals surface area (Å²) in [6, 6.07) is 0. The topological polar surface area (TPSA) is 237 Å². The Labute approximate surface area is 581 Å². The number of hydrogen-bond donors (Lipinski definition) is 3. The first-order chi connectivity index (χ1) is 46.1. The highest BCUT2D eigenvalue weighted by atomic mass is 31.2. The van der Waals surface area contributed by atoms with Gasteiger partial charge in [0.2, 0.25) is 0 Å². The van der Waals surface area contributed by atoms with Crippen LogP contribution < -0.4 is 0 Å². The van der Waals surface area contributed by atoms with Gasteiger partial charge in [0.25, 0.3) is 0 Å². The second kappa shape index (κ2) is 69.2. The van der Waals surface area contributed by atoms with Gasteiger partial charge in [-0.25, -0.2) is 9.13 Å². The summed E-state index contributed by atoms with van der Waals surface area (Å²) < 4.78 is 68.5. The predicted molar refractivity (Wildman–Crippen MR) is 386 cm³/mol. The van der Waals surface area contributed by atoms with E-state index in [9.17, 15) is 43.2 Å². The molecule has 564 valence electrons. The van der Waals surface area contributed by atoms with Crippen LogP contribution in [0.4, 0.5) is 0 Å². The molecule has 19 heteroatoms. The number of carbonyl (C=O) groups is 4. The number of ether oxygens (including phenoxy) is 4. The van der Waals surface area contributed by atoms with Crippen molar-refractivity contribution in [3.63, 3.8) is 0 Å². The van der Waals surface area contributed by atoms with Crippen LogP contribution in [-0.4, -0.2) is 96.7 Å². The van der Waals surface area contributed by atoms with Gasteiger partial charge < -0.3 is 33.8 Å². The number of phosphoric acid groups is 2. The van der Waals surface area contributed by atoms with E-state index in [2.05, 4.69) is 34.6 Å². The van der Waals surface area contributed by atoms with E-state index in [0.717, 1.165) is 95.8 Å². The van der Waals surface area contributed by atoms with Crippen LogP contribution >= 0.6 is 15.6 Å². The molecule has 17 nitrogen and oxygen atoms in total. The number of rotatable bonds is 76. The molecule has 0 rings (SSSR count). The van der Waals surface area contributed by atoms with Crippen LogP contribution in [0.15, 0.2) is 0 Å². The molecule has 0 saturated carbocycles. The van der Waals surface area contributed by atoms with E-state index in [-0.39, 0.29) is 25.7 Å². The van der Waals surface area contributed by atoms with Gasteiger partial charge in [-0.15, -0.1) is 0 Å². The molecule has 0 aromatic rings. The highest BCUT2D eigenvalue weighted by molar-refractivity contribution is 7.47. The van der Waals surface area contributed by atoms with Gasteiger partial charge in [0.15, 0.2) is 12.2 Å². The molecule has 0 aromatic heterocycles. The first-order valence-electron chi connectivity index (χ1n) is 39.7.